The summed E-state index contributed by atoms with van der Waals surface area (Å²) in [6.45, 7) is 0.699. The van der Waals surface area contributed by atoms with Crippen molar-refractivity contribution >= 4 is 11.6 Å². The number of alkyl halides is 5. The number of nitrogens with zero attached hydrogens (tertiary/aromatic N) is 4. The molecule has 0 saturated heterocycles. The lowest BCUT2D eigenvalue weighted by molar-refractivity contribution is -0.138. The average molecular weight is 567 g/mol. The molecule has 0 unspecified atom stereocenters. The molecule has 0 bridgehead atoms. The molecule has 2 aromatic heterocycles. The van der Waals surface area contributed by atoms with Crippen LogP contribution >= 0.6 is 0 Å². The van der Waals surface area contributed by atoms with E-state index >= 15 is 0 Å². The molecular formula is C26H24F6N6O2. The summed E-state index contributed by atoms with van der Waals surface area (Å²) in [5, 5.41) is 8.12. The maximum Gasteiger partial charge on any atom is 0.423 e. The van der Waals surface area contributed by atoms with Crippen molar-refractivity contribution < 1.29 is 31.1 Å². The normalized spacial score (nSPS) is 19.6. The van der Waals surface area contributed by atoms with Crippen LogP contribution in [-0.2, 0) is 12.6 Å². The first kappa shape index (κ1) is 27.6. The molecule has 0 spiro atoms. The molecule has 8 nitrogen and oxygen atoms in total. The molecule has 1 saturated carbocycles. The number of halogens is 6. The Morgan fingerprint density at radius 2 is 1.82 bits per heavy atom. The summed E-state index contributed by atoms with van der Waals surface area (Å²) in [5.41, 5.74) is -2.64. The van der Waals surface area contributed by atoms with Crippen molar-refractivity contribution in [1.29, 1.82) is 0 Å². The topological polar surface area (TPSA) is 104 Å². The van der Waals surface area contributed by atoms with Gasteiger partial charge in [0.2, 0.25) is 0 Å². The third-order valence-electron chi connectivity index (χ3n) is 7.29. The van der Waals surface area contributed by atoms with E-state index in [2.05, 4.69) is 20.4 Å². The van der Waals surface area contributed by atoms with Crippen LogP contribution in [0.5, 0.6) is 0 Å². The summed E-state index contributed by atoms with van der Waals surface area (Å²) >= 11 is 0. The monoisotopic (exact) mass is 566 g/mol. The number of fused-ring (bicyclic) bond motifs is 1. The highest BCUT2D eigenvalue weighted by atomic mass is 19.4. The van der Waals surface area contributed by atoms with Gasteiger partial charge < -0.3 is 10.2 Å². The van der Waals surface area contributed by atoms with E-state index in [-0.39, 0.29) is 46.1 Å². The molecule has 3 heterocycles. The quantitative estimate of drug-likeness (QED) is 0.408. The van der Waals surface area contributed by atoms with E-state index in [0.717, 1.165) is 31.1 Å². The van der Waals surface area contributed by atoms with Crippen molar-refractivity contribution in [1.82, 2.24) is 25.1 Å². The van der Waals surface area contributed by atoms with Gasteiger partial charge in [0.25, 0.3) is 17.9 Å². The zero-order valence-corrected chi connectivity index (χ0v) is 20.9. The minimum absolute atomic E-state index is 0.00878. The Hall–Kier alpha value is -3.97. The van der Waals surface area contributed by atoms with Gasteiger partial charge in [-0.15, -0.1) is 0 Å². The van der Waals surface area contributed by atoms with Crippen molar-refractivity contribution in [2.75, 3.05) is 18.4 Å². The van der Waals surface area contributed by atoms with Gasteiger partial charge in [-0.2, -0.15) is 18.3 Å². The van der Waals surface area contributed by atoms with Crippen LogP contribution in [0, 0.1) is 11.7 Å². The van der Waals surface area contributed by atoms with Gasteiger partial charge >= 0.3 is 6.18 Å². The van der Waals surface area contributed by atoms with Crippen LogP contribution in [-0.4, -0.2) is 50.1 Å². The molecule has 2 atom stereocenters. The number of aromatic nitrogens is 4. The zero-order chi connectivity index (χ0) is 28.6. The Labute approximate surface area is 223 Å². The number of hydrogen-bond acceptors (Lipinski definition) is 6. The fourth-order valence-electron chi connectivity index (χ4n) is 5.40. The molecular weight excluding hydrogens is 542 g/mol. The SMILES string of the molecule is O=C1c2cc(F)c(-c3ncc(C(F)F)cn3)cc2CCN1C[C@@H]1CCC[C@H](Nc2cn[nH]c(=O)c2C(F)(F)F)C1. The minimum Gasteiger partial charge on any atom is -0.380 e. The molecule has 40 heavy (non-hydrogen) atoms. The van der Waals surface area contributed by atoms with E-state index in [1.807, 2.05) is 5.10 Å². The number of hydrogen-bond donors (Lipinski definition) is 2. The van der Waals surface area contributed by atoms with Crippen molar-refractivity contribution in [3.8, 4) is 11.4 Å². The number of carbonyl (C=O) groups excluding carboxylic acids is 1. The minimum atomic E-state index is -4.85. The first-order chi connectivity index (χ1) is 19.0. The van der Waals surface area contributed by atoms with Crippen LogP contribution < -0.4 is 10.9 Å². The van der Waals surface area contributed by atoms with Crippen molar-refractivity contribution in [2.24, 2.45) is 5.92 Å². The number of anilines is 1. The summed E-state index contributed by atoms with van der Waals surface area (Å²) < 4.78 is 80.8. The van der Waals surface area contributed by atoms with E-state index in [1.165, 1.54) is 6.07 Å². The molecule has 0 radical (unpaired) electrons. The van der Waals surface area contributed by atoms with E-state index < -0.39 is 29.5 Å². The molecule has 1 aliphatic heterocycles. The van der Waals surface area contributed by atoms with Gasteiger partial charge in [-0.25, -0.2) is 28.2 Å². The predicted octanol–water partition coefficient (Wildman–Crippen LogP) is 4.99. The summed E-state index contributed by atoms with van der Waals surface area (Å²) in [6, 6.07) is 2.21. The van der Waals surface area contributed by atoms with Crippen molar-refractivity contribution in [3.63, 3.8) is 0 Å². The molecule has 1 aromatic carbocycles. The van der Waals surface area contributed by atoms with Crippen molar-refractivity contribution in [2.45, 2.75) is 50.7 Å². The smallest absolute Gasteiger partial charge is 0.380 e. The third-order valence-corrected chi connectivity index (χ3v) is 7.29. The van der Waals surface area contributed by atoms with E-state index in [0.29, 0.717) is 44.3 Å². The zero-order valence-electron chi connectivity index (χ0n) is 20.9. The first-order valence-corrected chi connectivity index (χ1v) is 12.6. The van der Waals surface area contributed by atoms with Gasteiger partial charge in [0.15, 0.2) is 5.82 Å². The van der Waals surface area contributed by atoms with Gasteiger partial charge in [0, 0.05) is 37.1 Å². The Morgan fingerprint density at radius 1 is 1.07 bits per heavy atom. The summed E-state index contributed by atoms with van der Waals surface area (Å²) in [4.78, 5) is 34.3. The van der Waals surface area contributed by atoms with Crippen LogP contribution in [0.3, 0.4) is 0 Å². The Bertz CT molecular complexity index is 1460. The number of carbonyl (C=O) groups is 1. The Morgan fingerprint density at radius 3 is 2.52 bits per heavy atom. The maximum atomic E-state index is 15.0. The van der Waals surface area contributed by atoms with Gasteiger partial charge in [-0.1, -0.05) is 6.42 Å². The fourth-order valence-corrected chi connectivity index (χ4v) is 5.40. The second-order valence-corrected chi connectivity index (χ2v) is 9.99. The molecule has 212 valence electrons. The highest BCUT2D eigenvalue weighted by molar-refractivity contribution is 5.97. The molecule has 14 heteroatoms. The standard InChI is InChI=1S/C26H24F6N6O2/c27-19-8-17-14(7-18(19)23-33-9-15(10-34-23)22(28)29)4-5-38(25(17)40)12-13-2-1-3-16(6-13)36-20-11-35-37-24(39)21(20)26(30,31)32/h7-11,13,16,22H,1-6,12H2,(H2,36,37,39)/t13-,16+/m1/s1. The average Bonchev–Trinajstić information content (AvgIpc) is 2.90. The lowest BCUT2D eigenvalue weighted by atomic mass is 9.84. The molecule has 2 aliphatic rings. The molecule has 1 aliphatic carbocycles. The summed E-state index contributed by atoms with van der Waals surface area (Å²) in [6.07, 6.45) is -1.84. The second-order valence-electron chi connectivity index (χ2n) is 9.99. The van der Waals surface area contributed by atoms with E-state index in [1.54, 1.807) is 4.90 Å². The second kappa shape index (κ2) is 10.9. The largest absolute Gasteiger partial charge is 0.423 e. The molecule has 1 fully saturated rings. The lowest BCUT2D eigenvalue weighted by Gasteiger charge is -2.36. The van der Waals surface area contributed by atoms with Crippen LogP contribution in [0.25, 0.3) is 11.4 Å². The maximum absolute atomic E-state index is 15.0. The molecule has 3 aromatic rings. The highest BCUT2D eigenvalue weighted by Crippen LogP contribution is 2.35. The number of amides is 1. The lowest BCUT2D eigenvalue weighted by Crippen LogP contribution is -2.42. The van der Waals surface area contributed by atoms with E-state index in [9.17, 15) is 35.9 Å². The molecule has 2 N–H and O–H groups in total. The number of benzene rings is 1. The Balaban J connectivity index is 1.27. The summed E-state index contributed by atoms with van der Waals surface area (Å²) in [5.74, 6) is -1.21. The number of H-pyrrole nitrogens is 1. The number of nitrogens with one attached hydrogen (secondary N) is 2. The molecule has 1 amide bonds. The fraction of sp³-hybridized carbons (Fsp3) is 0.423. The highest BCUT2D eigenvalue weighted by Gasteiger charge is 2.38. The molecule has 5 rings (SSSR count). The van der Waals surface area contributed by atoms with E-state index in [4.69, 9.17) is 0 Å². The van der Waals surface area contributed by atoms with Crippen molar-refractivity contribution in [3.05, 3.63) is 69.1 Å². The summed E-state index contributed by atoms with van der Waals surface area (Å²) in [7, 11) is 0. The van der Waals surface area contributed by atoms with Gasteiger partial charge in [0.05, 0.1) is 23.0 Å². The Kier molecular flexibility index (Phi) is 7.51. The van der Waals surface area contributed by atoms with Crippen LogP contribution in [0.2, 0.25) is 0 Å². The number of rotatable bonds is 6. The third kappa shape index (κ3) is 5.65. The number of aromatic amines is 1. The van der Waals surface area contributed by atoms with Crippen LogP contribution in [0.15, 0.2) is 35.5 Å². The van der Waals surface area contributed by atoms with Gasteiger partial charge in [-0.05, 0) is 49.3 Å². The van der Waals surface area contributed by atoms with Crippen LogP contribution in [0.4, 0.5) is 32.0 Å². The van der Waals surface area contributed by atoms with Gasteiger partial charge in [0.1, 0.15) is 11.4 Å². The predicted molar refractivity (Wildman–Crippen MR) is 131 cm³/mol. The van der Waals surface area contributed by atoms with Gasteiger partial charge in [-0.3, -0.25) is 9.59 Å². The van der Waals surface area contributed by atoms with Crippen LogP contribution in [0.1, 0.15) is 59.2 Å². The first-order valence-electron chi connectivity index (χ1n) is 12.6.